The number of hydrogen-bond acceptors (Lipinski definition) is 6. The molecule has 0 amide bonds. The third kappa shape index (κ3) is 3.56. The Hall–Kier alpha value is -3.33. The van der Waals surface area contributed by atoms with Gasteiger partial charge >= 0.3 is 0 Å². The van der Waals surface area contributed by atoms with Crippen LogP contribution < -0.4 is 10.5 Å². The van der Waals surface area contributed by atoms with E-state index in [0.29, 0.717) is 18.6 Å². The van der Waals surface area contributed by atoms with Gasteiger partial charge in [-0.3, -0.25) is 14.9 Å². The summed E-state index contributed by atoms with van der Waals surface area (Å²) in [5, 5.41) is 21.8. The lowest BCUT2D eigenvalue weighted by Crippen LogP contribution is -2.33. The van der Waals surface area contributed by atoms with Crippen LogP contribution in [-0.2, 0) is 6.54 Å². The van der Waals surface area contributed by atoms with Crippen LogP contribution in [0.2, 0.25) is 0 Å². The molecule has 1 atom stereocenters. The van der Waals surface area contributed by atoms with E-state index in [1.807, 2.05) is 4.90 Å². The molecule has 1 saturated heterocycles. The molecule has 0 aliphatic carbocycles. The zero-order valence-electron chi connectivity index (χ0n) is 15.5. The Kier molecular flexibility index (Phi) is 4.98. The number of hydrogen-bond donors (Lipinski definition) is 1. The van der Waals surface area contributed by atoms with Gasteiger partial charge in [0.15, 0.2) is 5.82 Å². The number of fused-ring (bicyclic) bond motifs is 1. The number of nitro benzene ring substituents is 1. The van der Waals surface area contributed by atoms with Crippen LogP contribution in [0.25, 0.3) is 11.0 Å². The average molecular weight is 398 g/mol. The molecule has 1 aromatic heterocycles. The Morgan fingerprint density at radius 1 is 1.21 bits per heavy atom. The highest BCUT2D eigenvalue weighted by Crippen LogP contribution is 2.25. The molecule has 4 rings (SSSR count). The summed E-state index contributed by atoms with van der Waals surface area (Å²) in [7, 11) is 0. The van der Waals surface area contributed by atoms with E-state index in [9.17, 15) is 24.4 Å². The number of anilines is 1. The van der Waals surface area contributed by atoms with Crippen LogP contribution in [0.5, 0.6) is 0 Å². The van der Waals surface area contributed by atoms with Crippen LogP contribution >= 0.6 is 0 Å². The SMILES string of the molecule is O=c1c(N2CCCC2)nc2ccc([N+](=O)[O-])cc2n1CC(O)c1ccccc1F. The Bertz CT molecular complexity index is 1140. The number of aliphatic hydroxyl groups is 1. The van der Waals surface area contributed by atoms with E-state index in [1.165, 1.54) is 41.0 Å². The van der Waals surface area contributed by atoms with E-state index in [-0.39, 0.29) is 29.1 Å². The van der Waals surface area contributed by atoms with E-state index < -0.39 is 22.4 Å². The van der Waals surface area contributed by atoms with Crippen molar-refractivity contribution in [1.82, 2.24) is 9.55 Å². The summed E-state index contributed by atoms with van der Waals surface area (Å²) in [5.74, 6) is -0.346. The van der Waals surface area contributed by atoms with Gasteiger partial charge < -0.3 is 14.6 Å². The zero-order valence-corrected chi connectivity index (χ0v) is 15.5. The van der Waals surface area contributed by atoms with Gasteiger partial charge in [0.1, 0.15) is 5.82 Å². The molecular formula is C20H19FN4O4. The third-order valence-corrected chi connectivity index (χ3v) is 5.15. The summed E-state index contributed by atoms with van der Waals surface area (Å²) >= 11 is 0. The number of rotatable bonds is 5. The van der Waals surface area contributed by atoms with Crippen LogP contribution in [0, 0.1) is 15.9 Å². The van der Waals surface area contributed by atoms with E-state index in [2.05, 4.69) is 4.98 Å². The first-order valence-corrected chi connectivity index (χ1v) is 9.32. The largest absolute Gasteiger partial charge is 0.386 e. The second-order valence-corrected chi connectivity index (χ2v) is 7.01. The maximum Gasteiger partial charge on any atom is 0.294 e. The Morgan fingerprint density at radius 2 is 1.93 bits per heavy atom. The van der Waals surface area contributed by atoms with Crippen LogP contribution in [0.3, 0.4) is 0 Å². The summed E-state index contributed by atoms with van der Waals surface area (Å²) in [6.07, 6.45) is 0.583. The first kappa shape index (κ1) is 19.0. The second-order valence-electron chi connectivity index (χ2n) is 7.01. The molecule has 0 bridgehead atoms. The van der Waals surface area contributed by atoms with Crippen LogP contribution in [0.15, 0.2) is 47.3 Å². The van der Waals surface area contributed by atoms with Crippen molar-refractivity contribution in [2.45, 2.75) is 25.5 Å². The average Bonchev–Trinajstić information content (AvgIpc) is 3.24. The standard InChI is InChI=1S/C20H19FN4O4/c21-15-6-2-1-5-14(15)18(26)12-24-17-11-13(25(28)29)7-8-16(17)22-19(20(24)27)23-9-3-4-10-23/h1-2,5-8,11,18,26H,3-4,9-10,12H2. The molecule has 1 N–H and O–H groups in total. The first-order chi connectivity index (χ1) is 14.0. The van der Waals surface area contributed by atoms with Crippen molar-refractivity contribution in [2.75, 3.05) is 18.0 Å². The number of halogens is 1. The van der Waals surface area contributed by atoms with Gasteiger partial charge in [0.05, 0.1) is 28.6 Å². The molecule has 29 heavy (non-hydrogen) atoms. The minimum absolute atomic E-state index is 0.0533. The van der Waals surface area contributed by atoms with E-state index in [4.69, 9.17) is 0 Å². The number of aromatic nitrogens is 2. The molecule has 8 nitrogen and oxygen atoms in total. The monoisotopic (exact) mass is 398 g/mol. The molecule has 1 fully saturated rings. The van der Waals surface area contributed by atoms with Crippen molar-refractivity contribution in [1.29, 1.82) is 0 Å². The van der Waals surface area contributed by atoms with Crippen LogP contribution in [-0.4, -0.2) is 32.7 Å². The summed E-state index contributed by atoms with van der Waals surface area (Å²) in [5.41, 5.74) is 0.0231. The molecule has 2 aromatic carbocycles. The van der Waals surface area contributed by atoms with Gasteiger partial charge in [-0.1, -0.05) is 18.2 Å². The fraction of sp³-hybridized carbons (Fsp3) is 0.300. The number of nitrogens with zero attached hydrogens (tertiary/aromatic N) is 4. The smallest absolute Gasteiger partial charge is 0.294 e. The van der Waals surface area contributed by atoms with Crippen molar-refractivity contribution in [3.8, 4) is 0 Å². The predicted molar refractivity (Wildman–Crippen MR) is 105 cm³/mol. The van der Waals surface area contributed by atoms with Gasteiger partial charge in [0, 0.05) is 30.8 Å². The minimum atomic E-state index is -1.30. The molecule has 1 aliphatic heterocycles. The molecule has 0 saturated carbocycles. The first-order valence-electron chi connectivity index (χ1n) is 9.32. The van der Waals surface area contributed by atoms with Crippen molar-refractivity contribution in [3.05, 3.63) is 74.3 Å². The molecule has 150 valence electrons. The molecule has 1 unspecified atom stereocenters. The summed E-state index contributed by atoms with van der Waals surface area (Å²) in [6.45, 7) is 1.13. The van der Waals surface area contributed by atoms with Gasteiger partial charge in [-0.2, -0.15) is 0 Å². The van der Waals surface area contributed by atoms with Gasteiger partial charge in [-0.05, 0) is 25.0 Å². The maximum atomic E-state index is 14.1. The van der Waals surface area contributed by atoms with Gasteiger partial charge in [0.25, 0.3) is 11.2 Å². The zero-order chi connectivity index (χ0) is 20.5. The highest BCUT2D eigenvalue weighted by Gasteiger charge is 2.23. The van der Waals surface area contributed by atoms with Crippen LogP contribution in [0.1, 0.15) is 24.5 Å². The van der Waals surface area contributed by atoms with Crippen LogP contribution in [0.4, 0.5) is 15.9 Å². The Labute approximate surface area is 165 Å². The quantitative estimate of drug-likeness (QED) is 0.524. The molecule has 0 radical (unpaired) electrons. The topological polar surface area (TPSA) is 102 Å². The van der Waals surface area contributed by atoms with Crippen molar-refractivity contribution in [3.63, 3.8) is 0 Å². The molecule has 0 spiro atoms. The lowest BCUT2D eigenvalue weighted by atomic mass is 10.1. The molecular weight excluding hydrogens is 379 g/mol. The van der Waals surface area contributed by atoms with Crippen molar-refractivity contribution < 1.29 is 14.4 Å². The normalized spacial score (nSPS) is 15.0. The number of nitro groups is 1. The second kappa shape index (κ2) is 7.59. The van der Waals surface area contributed by atoms with Gasteiger partial charge in [-0.25, -0.2) is 9.37 Å². The Balaban J connectivity index is 1.87. The molecule has 1 aliphatic rings. The lowest BCUT2D eigenvalue weighted by molar-refractivity contribution is -0.384. The fourth-order valence-corrected chi connectivity index (χ4v) is 3.66. The molecule has 9 heteroatoms. The summed E-state index contributed by atoms with van der Waals surface area (Å²) < 4.78 is 15.3. The Morgan fingerprint density at radius 3 is 2.62 bits per heavy atom. The lowest BCUT2D eigenvalue weighted by Gasteiger charge is -2.20. The highest BCUT2D eigenvalue weighted by molar-refractivity contribution is 5.79. The highest BCUT2D eigenvalue weighted by atomic mass is 19.1. The van der Waals surface area contributed by atoms with Crippen molar-refractivity contribution >= 4 is 22.5 Å². The van der Waals surface area contributed by atoms with Gasteiger partial charge in [0.2, 0.25) is 0 Å². The predicted octanol–water partition coefficient (Wildman–Crippen LogP) is 2.78. The van der Waals surface area contributed by atoms with E-state index in [0.717, 1.165) is 12.8 Å². The number of aliphatic hydroxyl groups excluding tert-OH is 1. The van der Waals surface area contributed by atoms with E-state index >= 15 is 0 Å². The van der Waals surface area contributed by atoms with Crippen molar-refractivity contribution in [2.24, 2.45) is 0 Å². The number of non-ortho nitro benzene ring substituents is 1. The summed E-state index contributed by atoms with van der Waals surface area (Å²) in [4.78, 5) is 30.1. The number of benzene rings is 2. The summed E-state index contributed by atoms with van der Waals surface area (Å²) in [6, 6.07) is 9.84. The molecule has 2 heterocycles. The molecule has 3 aromatic rings. The maximum absolute atomic E-state index is 14.1. The van der Waals surface area contributed by atoms with Gasteiger partial charge in [-0.15, -0.1) is 0 Å². The minimum Gasteiger partial charge on any atom is -0.386 e. The third-order valence-electron chi connectivity index (χ3n) is 5.15. The van der Waals surface area contributed by atoms with E-state index in [1.54, 1.807) is 6.07 Å². The fourth-order valence-electron chi connectivity index (χ4n) is 3.66.